The summed E-state index contributed by atoms with van der Waals surface area (Å²) in [7, 11) is 0. The summed E-state index contributed by atoms with van der Waals surface area (Å²) in [5, 5.41) is 6.69. The van der Waals surface area contributed by atoms with Crippen molar-refractivity contribution in [3.05, 3.63) is 0 Å². The fraction of sp³-hybridized carbons (Fsp3) is 0.917. The molecule has 92 valence electrons. The summed E-state index contributed by atoms with van der Waals surface area (Å²) in [5.41, 5.74) is 0. The number of nitrogens with zero attached hydrogens (tertiary/aromatic N) is 2. The lowest BCUT2D eigenvalue weighted by Crippen LogP contribution is -2.43. The molecule has 2 heterocycles. The van der Waals surface area contributed by atoms with E-state index < -0.39 is 0 Å². The number of aliphatic imine (C=N–C) groups is 1. The van der Waals surface area contributed by atoms with Crippen molar-refractivity contribution in [2.45, 2.75) is 32.7 Å². The van der Waals surface area contributed by atoms with Crippen LogP contribution < -0.4 is 10.6 Å². The predicted molar refractivity (Wildman–Crippen MR) is 67.7 cm³/mol. The average Bonchev–Trinajstić information content (AvgIpc) is 2.64. The van der Waals surface area contributed by atoms with Gasteiger partial charge in [0.1, 0.15) is 0 Å². The highest BCUT2D eigenvalue weighted by molar-refractivity contribution is 5.81. The Kier molecular flexibility index (Phi) is 4.04. The molecule has 0 aromatic rings. The molecule has 2 aliphatic heterocycles. The van der Waals surface area contributed by atoms with Crippen molar-refractivity contribution in [1.82, 2.24) is 15.5 Å². The Morgan fingerprint density at radius 1 is 1.50 bits per heavy atom. The van der Waals surface area contributed by atoms with E-state index in [0.29, 0.717) is 6.04 Å². The van der Waals surface area contributed by atoms with Crippen molar-refractivity contribution in [3.8, 4) is 0 Å². The lowest BCUT2D eigenvalue weighted by Gasteiger charge is -2.30. The molecule has 0 aliphatic carbocycles. The van der Waals surface area contributed by atoms with Gasteiger partial charge in [-0.15, -0.1) is 0 Å². The van der Waals surface area contributed by atoms with E-state index in [1.807, 2.05) is 0 Å². The van der Waals surface area contributed by atoms with Gasteiger partial charge in [-0.3, -0.25) is 4.99 Å². The lowest BCUT2D eigenvalue weighted by molar-refractivity contribution is 0.187. The van der Waals surface area contributed by atoms with Gasteiger partial charge in [-0.25, -0.2) is 0 Å². The Hall–Kier alpha value is -0.770. The topological polar surface area (TPSA) is 39.7 Å². The fourth-order valence-corrected chi connectivity index (χ4v) is 2.48. The molecular formula is C12H24N4. The number of piperidine rings is 1. The summed E-state index contributed by atoms with van der Waals surface area (Å²) < 4.78 is 0. The second kappa shape index (κ2) is 5.53. The Morgan fingerprint density at radius 2 is 2.38 bits per heavy atom. The van der Waals surface area contributed by atoms with Crippen LogP contribution in [0.25, 0.3) is 0 Å². The first-order chi connectivity index (χ1) is 7.74. The number of hydrogen-bond donors (Lipinski definition) is 2. The van der Waals surface area contributed by atoms with Gasteiger partial charge in [-0.2, -0.15) is 0 Å². The largest absolute Gasteiger partial charge is 0.355 e. The minimum atomic E-state index is 0.498. The molecule has 2 unspecified atom stereocenters. The first-order valence-corrected chi connectivity index (χ1v) is 6.51. The van der Waals surface area contributed by atoms with Crippen LogP contribution in [0.5, 0.6) is 0 Å². The van der Waals surface area contributed by atoms with Crippen LogP contribution in [0.4, 0.5) is 0 Å². The second-order valence-corrected chi connectivity index (χ2v) is 5.21. The van der Waals surface area contributed by atoms with Crippen molar-refractivity contribution in [2.75, 3.05) is 32.7 Å². The van der Waals surface area contributed by atoms with E-state index in [9.17, 15) is 0 Å². The van der Waals surface area contributed by atoms with Crippen LogP contribution >= 0.6 is 0 Å². The molecule has 0 bridgehead atoms. The summed E-state index contributed by atoms with van der Waals surface area (Å²) in [6.07, 6.45) is 2.76. The molecule has 0 aromatic carbocycles. The predicted octanol–water partition coefficient (Wildman–Crippen LogP) is 0.656. The maximum Gasteiger partial charge on any atom is 0.191 e. The quantitative estimate of drug-likeness (QED) is 0.739. The van der Waals surface area contributed by atoms with E-state index in [1.165, 1.54) is 25.9 Å². The summed E-state index contributed by atoms with van der Waals surface area (Å²) in [6.45, 7) is 10.1. The molecule has 1 fully saturated rings. The van der Waals surface area contributed by atoms with Crippen LogP contribution in [0.15, 0.2) is 4.99 Å². The molecule has 2 atom stereocenters. The van der Waals surface area contributed by atoms with Crippen LogP contribution in [0.3, 0.4) is 0 Å². The molecule has 0 radical (unpaired) electrons. The zero-order valence-electron chi connectivity index (χ0n) is 10.5. The number of hydrogen-bond acceptors (Lipinski definition) is 4. The van der Waals surface area contributed by atoms with Gasteiger partial charge in [0.25, 0.3) is 0 Å². The highest BCUT2D eigenvalue weighted by Gasteiger charge is 2.16. The second-order valence-electron chi connectivity index (χ2n) is 5.21. The van der Waals surface area contributed by atoms with Crippen LogP contribution in [0.1, 0.15) is 26.7 Å². The molecule has 4 nitrogen and oxygen atoms in total. The van der Waals surface area contributed by atoms with E-state index in [0.717, 1.165) is 31.5 Å². The Labute approximate surface area is 98.5 Å². The molecule has 0 aromatic heterocycles. The normalized spacial score (nSPS) is 31.0. The average molecular weight is 224 g/mol. The van der Waals surface area contributed by atoms with Gasteiger partial charge in [0.2, 0.25) is 0 Å². The molecule has 0 amide bonds. The van der Waals surface area contributed by atoms with E-state index in [-0.39, 0.29) is 0 Å². The van der Waals surface area contributed by atoms with E-state index in [1.54, 1.807) is 0 Å². The fourth-order valence-electron chi connectivity index (χ4n) is 2.48. The summed E-state index contributed by atoms with van der Waals surface area (Å²) >= 11 is 0. The third-order valence-electron chi connectivity index (χ3n) is 3.37. The molecule has 1 saturated heterocycles. The van der Waals surface area contributed by atoms with Gasteiger partial charge in [0.15, 0.2) is 5.96 Å². The van der Waals surface area contributed by atoms with Crippen molar-refractivity contribution >= 4 is 5.96 Å². The van der Waals surface area contributed by atoms with Crippen LogP contribution in [0, 0.1) is 5.92 Å². The van der Waals surface area contributed by atoms with E-state index >= 15 is 0 Å². The number of likely N-dealkylation sites (tertiary alicyclic amines) is 1. The zero-order valence-corrected chi connectivity index (χ0v) is 10.5. The highest BCUT2D eigenvalue weighted by Crippen LogP contribution is 2.14. The molecule has 4 heteroatoms. The zero-order chi connectivity index (χ0) is 11.4. The van der Waals surface area contributed by atoms with Crippen molar-refractivity contribution in [2.24, 2.45) is 10.9 Å². The monoisotopic (exact) mass is 224 g/mol. The molecule has 16 heavy (non-hydrogen) atoms. The van der Waals surface area contributed by atoms with Gasteiger partial charge in [-0.1, -0.05) is 6.92 Å². The highest BCUT2D eigenvalue weighted by atomic mass is 15.2. The summed E-state index contributed by atoms with van der Waals surface area (Å²) in [6, 6.07) is 0.498. The Bertz CT molecular complexity index is 251. The third kappa shape index (κ3) is 3.37. The van der Waals surface area contributed by atoms with Crippen molar-refractivity contribution < 1.29 is 0 Å². The lowest BCUT2D eigenvalue weighted by atomic mass is 10.0. The van der Waals surface area contributed by atoms with Gasteiger partial charge in [0.05, 0.1) is 6.54 Å². The maximum atomic E-state index is 4.39. The Balaban J connectivity index is 1.61. The molecule has 2 rings (SSSR count). The van der Waals surface area contributed by atoms with Gasteiger partial charge >= 0.3 is 0 Å². The Morgan fingerprint density at radius 3 is 3.06 bits per heavy atom. The summed E-state index contributed by atoms with van der Waals surface area (Å²) in [5.74, 6) is 1.85. The minimum Gasteiger partial charge on any atom is -0.355 e. The maximum absolute atomic E-state index is 4.39. The molecule has 2 N–H and O–H groups in total. The van der Waals surface area contributed by atoms with Crippen LogP contribution in [0.2, 0.25) is 0 Å². The first kappa shape index (κ1) is 11.7. The number of nitrogens with one attached hydrogen (secondary N) is 2. The number of rotatable bonds is 3. The SMILES string of the molecule is CC1CCCN(CCNC2=NCC(C)N2)C1. The van der Waals surface area contributed by atoms with Crippen LogP contribution in [-0.2, 0) is 0 Å². The van der Waals surface area contributed by atoms with E-state index in [2.05, 4.69) is 34.4 Å². The van der Waals surface area contributed by atoms with Crippen molar-refractivity contribution in [1.29, 1.82) is 0 Å². The molecule has 0 saturated carbocycles. The third-order valence-corrected chi connectivity index (χ3v) is 3.37. The number of guanidine groups is 1. The summed E-state index contributed by atoms with van der Waals surface area (Å²) in [4.78, 5) is 6.95. The molecule has 0 spiro atoms. The molecule has 2 aliphatic rings. The van der Waals surface area contributed by atoms with E-state index in [4.69, 9.17) is 0 Å². The smallest absolute Gasteiger partial charge is 0.191 e. The standard InChI is InChI=1S/C12H24N4/c1-10-4-3-6-16(9-10)7-5-13-12-14-8-11(2)15-12/h10-11H,3-9H2,1-2H3,(H2,13,14,15). The van der Waals surface area contributed by atoms with Gasteiger partial charge in [0, 0.05) is 25.7 Å². The van der Waals surface area contributed by atoms with Gasteiger partial charge < -0.3 is 15.5 Å². The van der Waals surface area contributed by atoms with Crippen molar-refractivity contribution in [3.63, 3.8) is 0 Å². The minimum absolute atomic E-state index is 0.498. The first-order valence-electron chi connectivity index (χ1n) is 6.51. The van der Waals surface area contributed by atoms with Crippen LogP contribution in [-0.4, -0.2) is 49.6 Å². The molecular weight excluding hydrogens is 200 g/mol. The van der Waals surface area contributed by atoms with Gasteiger partial charge in [-0.05, 0) is 32.2 Å².